The number of carbonyl (C=O) groups is 1. The lowest BCUT2D eigenvalue weighted by Gasteiger charge is -2.17. The van der Waals surface area contributed by atoms with Crippen molar-refractivity contribution in [2.75, 3.05) is 0 Å². The van der Waals surface area contributed by atoms with Crippen molar-refractivity contribution in [1.29, 1.82) is 0 Å². The third kappa shape index (κ3) is 6.42. The topological polar surface area (TPSA) is 75.0 Å². The first-order valence-electron chi connectivity index (χ1n) is 12.3. The molecule has 2 aromatic carbocycles. The molecule has 38 heavy (non-hydrogen) atoms. The molecule has 0 fully saturated rings. The van der Waals surface area contributed by atoms with Crippen LogP contribution in [0.1, 0.15) is 40.2 Å². The molecule has 6 nitrogen and oxygen atoms in total. The first kappa shape index (κ1) is 28.1. The molecule has 0 aliphatic carbocycles. The van der Waals surface area contributed by atoms with Gasteiger partial charge in [-0.3, -0.25) is 9.59 Å². The second-order valence-corrected chi connectivity index (χ2v) is 8.12. The van der Waals surface area contributed by atoms with Crippen molar-refractivity contribution in [2.45, 2.75) is 34.6 Å². The highest BCUT2D eigenvalue weighted by molar-refractivity contribution is 6.21. The second-order valence-electron chi connectivity index (χ2n) is 8.12. The van der Waals surface area contributed by atoms with Crippen LogP contribution in [0.25, 0.3) is 29.2 Å². The minimum atomic E-state index is -0.426. The fourth-order valence-electron chi connectivity index (χ4n) is 3.71. The molecule has 0 N–H and O–H groups in total. The van der Waals surface area contributed by atoms with Crippen LogP contribution in [0.3, 0.4) is 0 Å². The molecule has 0 radical (unpaired) electrons. The molecule has 3 aromatic rings. The van der Waals surface area contributed by atoms with Crippen molar-refractivity contribution in [3.63, 3.8) is 0 Å². The lowest BCUT2D eigenvalue weighted by Crippen LogP contribution is -2.39. The molecule has 0 bridgehead atoms. The summed E-state index contributed by atoms with van der Waals surface area (Å²) in [7, 11) is -0.426. The predicted molar refractivity (Wildman–Crippen MR) is 153 cm³/mol. The summed E-state index contributed by atoms with van der Waals surface area (Å²) in [6.45, 7) is 9.21. The normalized spacial score (nSPS) is 13.6. The molecule has 0 saturated carbocycles. The van der Waals surface area contributed by atoms with Gasteiger partial charge < -0.3 is 18.5 Å². The van der Waals surface area contributed by atoms with Gasteiger partial charge in [-0.15, -0.1) is 0 Å². The zero-order chi connectivity index (χ0) is 27.5. The molecule has 0 amide bonds. The molecule has 0 spiro atoms. The lowest BCUT2D eigenvalue weighted by molar-refractivity contribution is -0.106. The molecule has 3 rings (SSSR count). The van der Waals surface area contributed by atoms with E-state index < -0.39 is 7.69 Å². The quantitative estimate of drug-likeness (QED) is 0.125. The molecular formula is C31H31BO6. The third-order valence-corrected chi connectivity index (χ3v) is 5.80. The molecule has 0 aliphatic rings. The maximum absolute atomic E-state index is 13.4. The molecule has 0 unspecified atom stereocenters. The van der Waals surface area contributed by atoms with Gasteiger partial charge in [0.15, 0.2) is 29.3 Å². The molecule has 7 heteroatoms. The summed E-state index contributed by atoms with van der Waals surface area (Å²) >= 11 is 0. The number of benzene rings is 2. The van der Waals surface area contributed by atoms with E-state index in [4.69, 9.17) is 18.5 Å². The smallest absolute Gasteiger partial charge is 0.524 e. The molecule has 0 saturated heterocycles. The summed E-state index contributed by atoms with van der Waals surface area (Å²) in [5.74, 6) is 0.991. The van der Waals surface area contributed by atoms with E-state index in [-0.39, 0.29) is 28.5 Å². The van der Waals surface area contributed by atoms with Gasteiger partial charge in [0.2, 0.25) is 5.43 Å². The maximum Gasteiger partial charge on any atom is 0.576 e. The van der Waals surface area contributed by atoms with Crippen LogP contribution in [0.5, 0.6) is 5.75 Å². The monoisotopic (exact) mass is 510 g/mol. The number of carbonyl (C=O) groups excluding carboxylic acids is 1. The summed E-state index contributed by atoms with van der Waals surface area (Å²) in [4.78, 5) is 25.5. The minimum absolute atomic E-state index is 0.0127. The average Bonchev–Trinajstić information content (AvgIpc) is 2.97. The van der Waals surface area contributed by atoms with Gasteiger partial charge in [0.1, 0.15) is 11.2 Å². The summed E-state index contributed by atoms with van der Waals surface area (Å²) in [6, 6.07) is 18.3. The Balaban J connectivity index is 2.04. The second kappa shape index (κ2) is 13.7. The zero-order valence-electron chi connectivity index (χ0n) is 22.3. The largest absolute Gasteiger partial charge is 0.576 e. The van der Waals surface area contributed by atoms with Gasteiger partial charge in [0.25, 0.3) is 0 Å². The average molecular weight is 510 g/mol. The van der Waals surface area contributed by atoms with Crippen LogP contribution < -0.4 is 20.7 Å². The van der Waals surface area contributed by atoms with Crippen LogP contribution in [0, 0.1) is 0 Å². The maximum atomic E-state index is 13.4. The van der Waals surface area contributed by atoms with Crippen LogP contribution in [0.4, 0.5) is 0 Å². The van der Waals surface area contributed by atoms with Crippen LogP contribution in [0.15, 0.2) is 99.1 Å². The lowest BCUT2D eigenvalue weighted by atomic mass is 10.1. The fraction of sp³-hybridized carbons (Fsp3) is 0.161. The Labute approximate surface area is 223 Å². The van der Waals surface area contributed by atoms with E-state index in [9.17, 15) is 9.59 Å². The Hall–Kier alpha value is -4.52. The van der Waals surface area contributed by atoms with E-state index >= 15 is 0 Å². The van der Waals surface area contributed by atoms with Gasteiger partial charge in [-0.05, 0) is 52.3 Å². The van der Waals surface area contributed by atoms with Gasteiger partial charge in [-0.1, -0.05) is 72.8 Å². The van der Waals surface area contributed by atoms with E-state index in [0.29, 0.717) is 33.8 Å². The van der Waals surface area contributed by atoms with Gasteiger partial charge in [0.05, 0.1) is 5.22 Å². The van der Waals surface area contributed by atoms with Crippen molar-refractivity contribution in [1.82, 2.24) is 0 Å². The number of hydrogen-bond acceptors (Lipinski definition) is 6. The first-order chi connectivity index (χ1) is 18.5. The Kier molecular flexibility index (Phi) is 10.1. The fourth-order valence-corrected chi connectivity index (χ4v) is 3.71. The molecule has 194 valence electrons. The standard InChI is InChI=1S/C31H31BO6/c1-6-21(5)25(8-3)35-29(22-16-12-10-13-17-22)27(20-33)37-32-38-31-28(34)24(7-2)26(9-4)36-30(31)23-18-14-11-15-19-23/h6-20,32H,1-5H3/b21-6-,24-7+,25-8+,26-9+,29-27+. The minimum Gasteiger partial charge on any atom is -0.524 e. The zero-order valence-corrected chi connectivity index (χ0v) is 22.3. The highest BCUT2D eigenvalue weighted by Gasteiger charge is 2.20. The van der Waals surface area contributed by atoms with Gasteiger partial charge in [-0.25, -0.2) is 0 Å². The summed E-state index contributed by atoms with van der Waals surface area (Å²) in [6.07, 6.45) is 7.68. The Morgan fingerprint density at radius 2 is 1.55 bits per heavy atom. The number of ether oxygens (including phenoxy) is 1. The number of rotatable bonds is 10. The van der Waals surface area contributed by atoms with Crippen molar-refractivity contribution < 1.29 is 23.3 Å². The van der Waals surface area contributed by atoms with Crippen molar-refractivity contribution in [2.24, 2.45) is 0 Å². The molecule has 1 heterocycles. The molecule has 0 atom stereocenters. The van der Waals surface area contributed by atoms with E-state index in [2.05, 4.69) is 0 Å². The van der Waals surface area contributed by atoms with Crippen LogP contribution in [-0.4, -0.2) is 14.0 Å². The Bertz CT molecular complexity index is 1530. The van der Waals surface area contributed by atoms with E-state index in [1.54, 1.807) is 26.0 Å². The number of aldehydes is 1. The highest BCUT2D eigenvalue weighted by Crippen LogP contribution is 2.27. The predicted octanol–water partition coefficient (Wildman–Crippen LogP) is 5.02. The van der Waals surface area contributed by atoms with Crippen LogP contribution in [0.2, 0.25) is 0 Å². The SMILES string of the molecule is C/C=C(C)\C(=C/C)O/C(=C(\C=O)OBOc1c(-c2ccccc2)oc(=C/C)/c(=C\C)c1=O)c1ccccc1. The summed E-state index contributed by atoms with van der Waals surface area (Å²) in [5.41, 5.74) is 2.31. The van der Waals surface area contributed by atoms with Gasteiger partial charge >= 0.3 is 7.69 Å². The van der Waals surface area contributed by atoms with E-state index in [1.807, 2.05) is 93.6 Å². The van der Waals surface area contributed by atoms with Crippen LogP contribution in [-0.2, 0) is 14.2 Å². The first-order valence-corrected chi connectivity index (χ1v) is 12.3. The van der Waals surface area contributed by atoms with Gasteiger partial charge in [0, 0.05) is 11.1 Å². The van der Waals surface area contributed by atoms with Crippen LogP contribution >= 0.6 is 0 Å². The molecule has 0 aliphatic heterocycles. The Morgan fingerprint density at radius 3 is 2.11 bits per heavy atom. The molecule has 1 aromatic heterocycles. The van der Waals surface area contributed by atoms with Gasteiger partial charge in [-0.2, -0.15) is 0 Å². The van der Waals surface area contributed by atoms with Crippen molar-refractivity contribution in [3.8, 4) is 17.1 Å². The van der Waals surface area contributed by atoms with Crippen molar-refractivity contribution >= 4 is 31.9 Å². The van der Waals surface area contributed by atoms with E-state index in [0.717, 1.165) is 5.57 Å². The molecular weight excluding hydrogens is 479 g/mol. The van der Waals surface area contributed by atoms with Crippen molar-refractivity contribution in [3.05, 3.63) is 116 Å². The number of allylic oxidation sites excluding steroid dienone is 4. The Morgan fingerprint density at radius 1 is 0.895 bits per heavy atom. The summed E-state index contributed by atoms with van der Waals surface area (Å²) < 4.78 is 23.8. The highest BCUT2D eigenvalue weighted by atomic mass is 16.6. The number of hydrogen-bond donors (Lipinski definition) is 0. The third-order valence-electron chi connectivity index (χ3n) is 5.80. The van der Waals surface area contributed by atoms with E-state index in [1.165, 1.54) is 0 Å². The summed E-state index contributed by atoms with van der Waals surface area (Å²) in [5, 5.41) is 0.376.